The molecule has 27 nitrogen and oxygen atoms in total. The molecule has 3 aromatic rings. The summed E-state index contributed by atoms with van der Waals surface area (Å²) < 4.78 is 0. The molecule has 3 rings (SSSR count). The van der Waals surface area contributed by atoms with Gasteiger partial charge in [0.2, 0.25) is 41.4 Å². The molecule has 422 valence electrons. The molecule has 30 heteroatoms. The van der Waals surface area contributed by atoms with Crippen LogP contribution in [0.15, 0.2) is 60.8 Å². The summed E-state index contributed by atoms with van der Waals surface area (Å²) in [6.45, 7) is 1.73. The van der Waals surface area contributed by atoms with E-state index in [1.54, 1.807) is 54.7 Å². The monoisotopic (exact) mass is 1170 g/mol. The molecule has 2 aromatic carbocycles. The number of fused-ring (bicyclic) bond motifs is 1. The van der Waals surface area contributed by atoms with Gasteiger partial charge in [0.1, 0.15) is 42.3 Å². The lowest BCUT2D eigenvalue weighted by Crippen LogP contribution is -2.60. The maximum Gasteiger partial charge on any atom is 0.327 e. The number of halogens is 1. The zero-order chi connectivity index (χ0) is 57.2. The number of benzene rings is 2. The highest BCUT2D eigenvalue weighted by atomic mass is 79.9. The van der Waals surface area contributed by atoms with Crippen LogP contribution in [0, 0.1) is 16.2 Å². The molecule has 1 aromatic heterocycles. The molecule has 9 atom stereocenters. The van der Waals surface area contributed by atoms with Crippen molar-refractivity contribution in [2.45, 2.75) is 105 Å². The Bertz CT molecular complexity index is 2530. The number of aliphatic carboxylic acids is 1. The summed E-state index contributed by atoms with van der Waals surface area (Å²) in [5.41, 5.74) is 24.2. The van der Waals surface area contributed by atoms with Gasteiger partial charge in [0.15, 0.2) is 17.9 Å². The first-order chi connectivity index (χ1) is 36.5. The molecule has 0 aliphatic carbocycles. The molecule has 0 saturated carbocycles. The summed E-state index contributed by atoms with van der Waals surface area (Å²) in [5, 5.41) is 58.9. The van der Waals surface area contributed by atoms with Crippen LogP contribution >= 0.6 is 41.2 Å². The number of alkyl halides is 1. The Kier molecular flexibility index (Phi) is 27.4. The van der Waals surface area contributed by atoms with E-state index in [4.69, 9.17) is 39.2 Å². The van der Waals surface area contributed by atoms with E-state index in [1.165, 1.54) is 6.92 Å². The molecule has 1 unspecified atom stereocenters. The van der Waals surface area contributed by atoms with E-state index < -0.39 is 100 Å². The molecule has 0 aliphatic heterocycles. The van der Waals surface area contributed by atoms with Gasteiger partial charge >= 0.3 is 5.97 Å². The lowest BCUT2D eigenvalue weighted by molar-refractivity contribution is -0.141. The number of aromatic amines is 1. The van der Waals surface area contributed by atoms with E-state index in [9.17, 15) is 43.5 Å². The van der Waals surface area contributed by atoms with Crippen molar-refractivity contribution >= 4 is 117 Å². The number of amides is 7. The Morgan fingerprint density at radius 2 is 1.08 bits per heavy atom. The highest BCUT2D eigenvalue weighted by Gasteiger charge is 2.35. The Labute approximate surface area is 464 Å². The van der Waals surface area contributed by atoms with Crippen molar-refractivity contribution in [3.05, 3.63) is 71.9 Å². The Hall–Kier alpha value is -7.31. The van der Waals surface area contributed by atoms with E-state index in [0.29, 0.717) is 24.1 Å². The molecule has 23 N–H and O–H groups in total. The van der Waals surface area contributed by atoms with Crippen LogP contribution in [0.2, 0.25) is 0 Å². The topological polar surface area (TPSA) is 469 Å². The number of carbonyl (C=O) groups is 8. The Balaban J connectivity index is 1.94. The van der Waals surface area contributed by atoms with Gasteiger partial charge in [-0.1, -0.05) is 64.5 Å². The number of rotatable bonds is 33. The van der Waals surface area contributed by atoms with Crippen LogP contribution in [-0.2, 0) is 51.2 Å². The van der Waals surface area contributed by atoms with Crippen LogP contribution < -0.4 is 76.1 Å². The van der Waals surface area contributed by atoms with Gasteiger partial charge in [-0.25, -0.2) is 4.79 Å². The molecule has 0 fully saturated rings. The second-order valence-corrected chi connectivity index (χ2v) is 19.8. The number of H-pyrrole nitrogens is 1. The summed E-state index contributed by atoms with van der Waals surface area (Å²) in [7, 11) is 0. The fourth-order valence-corrected chi connectivity index (χ4v) is 8.52. The maximum atomic E-state index is 14.6. The first-order valence-electron chi connectivity index (χ1n) is 24.3. The second-order valence-electron chi connectivity index (χ2n) is 17.8. The molecule has 0 bridgehead atoms. The predicted octanol–water partition coefficient (Wildman–Crippen LogP) is -3.20. The third-order valence-electron chi connectivity index (χ3n) is 11.6. The molecule has 0 saturated heterocycles. The zero-order valence-corrected chi connectivity index (χ0v) is 45.6. The number of thiol groups is 2. The SMILES string of the molecule is C[C@@H](NC(=O)[C@H](CS)NC(=O)[C@@H](N)CCCNC(=N)N)C(=O)N[C@@H](CCCNC(=N)N)C(=O)N[C@H](Cc1ccccc1)C(=O)N[C@@H](CC(Br)CNC(=N)N)C(=O)N[C@H](Cc1c[nH]c2ccccc12)C(=O)N[C@@H](CS)C(=O)O. The average Bonchev–Trinajstić information content (AvgIpc) is 3.79. The summed E-state index contributed by atoms with van der Waals surface area (Å²) in [4.78, 5) is 112. The van der Waals surface area contributed by atoms with Crippen molar-refractivity contribution in [2.24, 2.45) is 22.9 Å². The fraction of sp³-hybridized carbons (Fsp3) is 0.468. The van der Waals surface area contributed by atoms with Crippen LogP contribution in [0.4, 0.5) is 0 Å². The van der Waals surface area contributed by atoms with E-state index in [1.807, 2.05) is 6.07 Å². The van der Waals surface area contributed by atoms with Gasteiger partial charge in [-0.05, 0) is 56.2 Å². The van der Waals surface area contributed by atoms with Gasteiger partial charge in [-0.3, -0.25) is 49.8 Å². The fourth-order valence-electron chi connectivity index (χ4n) is 7.48. The summed E-state index contributed by atoms with van der Waals surface area (Å²) in [6.07, 6.45) is 1.86. The second kappa shape index (κ2) is 33.0. The Morgan fingerprint density at radius 3 is 1.66 bits per heavy atom. The van der Waals surface area contributed by atoms with Crippen LogP contribution in [-0.4, -0.2) is 160 Å². The maximum absolute atomic E-state index is 14.6. The number of aromatic nitrogens is 1. The van der Waals surface area contributed by atoms with Gasteiger partial charge in [0.25, 0.3) is 0 Å². The highest BCUT2D eigenvalue weighted by molar-refractivity contribution is 9.09. The minimum atomic E-state index is -1.47. The van der Waals surface area contributed by atoms with E-state index >= 15 is 0 Å². The van der Waals surface area contributed by atoms with E-state index in [-0.39, 0.29) is 81.0 Å². The highest BCUT2D eigenvalue weighted by Crippen LogP contribution is 2.20. The van der Waals surface area contributed by atoms with Crippen LogP contribution in [0.5, 0.6) is 0 Å². The van der Waals surface area contributed by atoms with Crippen LogP contribution in [0.3, 0.4) is 0 Å². The number of carboxylic acid groups (broad SMARTS) is 1. The molecular weight excluding hydrogens is 1100 g/mol. The zero-order valence-electron chi connectivity index (χ0n) is 42.2. The summed E-state index contributed by atoms with van der Waals surface area (Å²) in [6, 6.07) is 5.07. The Morgan fingerprint density at radius 1 is 0.597 bits per heavy atom. The van der Waals surface area contributed by atoms with Gasteiger partial charge in [0, 0.05) is 65.9 Å². The quantitative estimate of drug-likeness (QED) is 0.00939. The molecular formula is C47H71BrN18O9S2. The van der Waals surface area contributed by atoms with Gasteiger partial charge < -0.3 is 86.2 Å². The van der Waals surface area contributed by atoms with Crippen molar-refractivity contribution in [1.29, 1.82) is 16.2 Å². The lowest BCUT2D eigenvalue weighted by Gasteiger charge is -2.28. The summed E-state index contributed by atoms with van der Waals surface area (Å²) >= 11 is 11.7. The van der Waals surface area contributed by atoms with Crippen molar-refractivity contribution in [3.63, 3.8) is 0 Å². The van der Waals surface area contributed by atoms with Crippen molar-refractivity contribution < 1.29 is 43.5 Å². The number of nitrogens with one attached hydrogen (secondary N) is 14. The minimum Gasteiger partial charge on any atom is -0.480 e. The van der Waals surface area contributed by atoms with E-state index in [2.05, 4.69) is 99.3 Å². The number of hydrogen-bond acceptors (Lipinski definition) is 14. The number of nitrogens with two attached hydrogens (primary N) is 4. The summed E-state index contributed by atoms with van der Waals surface area (Å²) in [5.74, 6) is -8.57. The largest absolute Gasteiger partial charge is 0.480 e. The van der Waals surface area contributed by atoms with Crippen LogP contribution in [0.25, 0.3) is 10.9 Å². The lowest BCUT2D eigenvalue weighted by atomic mass is 10.0. The molecule has 0 aliphatic rings. The minimum absolute atomic E-state index is 0.000377. The number of carbonyl (C=O) groups excluding carboxylic acids is 7. The molecule has 0 spiro atoms. The van der Waals surface area contributed by atoms with E-state index in [0.717, 1.165) is 10.9 Å². The van der Waals surface area contributed by atoms with Gasteiger partial charge in [0.05, 0.1) is 6.04 Å². The average molecular weight is 1180 g/mol. The third-order valence-corrected chi connectivity index (χ3v) is 13.0. The van der Waals surface area contributed by atoms with Crippen LogP contribution in [0.1, 0.15) is 50.2 Å². The number of carboxylic acids is 1. The normalized spacial score (nSPS) is 14.5. The van der Waals surface area contributed by atoms with Crippen molar-refractivity contribution in [2.75, 3.05) is 31.1 Å². The molecule has 1 heterocycles. The van der Waals surface area contributed by atoms with Crippen molar-refractivity contribution in [3.8, 4) is 0 Å². The number of hydrogen-bond donors (Lipinski definition) is 21. The van der Waals surface area contributed by atoms with Gasteiger partial charge in [-0.15, -0.1) is 0 Å². The van der Waals surface area contributed by atoms with Gasteiger partial charge in [-0.2, -0.15) is 25.3 Å². The van der Waals surface area contributed by atoms with Crippen molar-refractivity contribution in [1.82, 2.24) is 58.2 Å². The number of guanidine groups is 3. The first-order valence-corrected chi connectivity index (χ1v) is 26.5. The third kappa shape index (κ3) is 22.8. The molecule has 7 amide bonds. The molecule has 77 heavy (non-hydrogen) atoms. The standard InChI is InChI=1S/C47H71BrN18O9S2/c1-24(60-43(73)35(22-76)65-38(68)29(49)12-7-15-56-45(50)51)37(67)61-31(14-8-16-57-46(52)53)39(69)62-32(17-25-9-3-2-4-10-25)40(70)64-34(19-27(48)21-59-47(54)55)42(72)63-33(41(71)66-36(23-77)44(74)75)18-26-20-58-30-13-6-5-11-28(26)30/h2-6,9-11,13,20,24,27,29,31-36,58,76-77H,7-8,12,14-19,21-23,49H2,1H3,(H,60,73)(H,61,67)(H,62,69)(H,63,72)(H,64,70)(H,65,68)(H,66,71)(H,74,75)(H4,50,51,56)(H4,52,53,57)(H4,54,55,59)/t24-,27?,29+,31+,32-,33-,34+,35+,36+/m1/s1. The first kappa shape index (κ1) is 64.0. The smallest absolute Gasteiger partial charge is 0.327 e. The molecule has 0 radical (unpaired) electrons. The number of para-hydroxylation sites is 1. The predicted molar refractivity (Wildman–Crippen MR) is 300 cm³/mol.